The summed E-state index contributed by atoms with van der Waals surface area (Å²) in [5, 5.41) is 7.27. The van der Waals surface area contributed by atoms with Gasteiger partial charge in [0.2, 0.25) is 0 Å². The number of hydrogen-bond acceptors (Lipinski definition) is 4. The van der Waals surface area contributed by atoms with Gasteiger partial charge in [-0.05, 0) is 33.1 Å². The normalized spacial score (nSPS) is 30.1. The Morgan fingerprint density at radius 2 is 2.15 bits per heavy atom. The number of nitrogens with one attached hydrogen (secondary N) is 1. The van der Waals surface area contributed by atoms with Gasteiger partial charge in [0.25, 0.3) is 0 Å². The van der Waals surface area contributed by atoms with E-state index in [1.165, 1.54) is 42.8 Å². The molecule has 1 saturated heterocycles. The highest BCUT2D eigenvalue weighted by molar-refractivity contribution is 7.09. The van der Waals surface area contributed by atoms with E-state index in [9.17, 15) is 0 Å². The van der Waals surface area contributed by atoms with E-state index in [1.54, 1.807) is 11.3 Å². The van der Waals surface area contributed by atoms with Crippen LogP contribution in [0.25, 0.3) is 0 Å². The maximum absolute atomic E-state index is 4.69. The number of rotatable bonds is 3. The number of aryl methyl sites for hydroxylation is 1. The minimum atomic E-state index is 0.263. The van der Waals surface area contributed by atoms with Crippen LogP contribution in [-0.2, 0) is 6.54 Å². The highest BCUT2D eigenvalue weighted by Gasteiger charge is 2.46. The molecular weight excluding hydrogens is 266 g/mol. The van der Waals surface area contributed by atoms with Gasteiger partial charge in [0.05, 0.1) is 10.7 Å². The molecule has 20 heavy (non-hydrogen) atoms. The average molecular weight is 293 g/mol. The lowest BCUT2D eigenvalue weighted by Crippen LogP contribution is -2.67. The molecule has 0 bridgehead atoms. The first-order valence-electron chi connectivity index (χ1n) is 7.96. The van der Waals surface area contributed by atoms with Gasteiger partial charge in [0.1, 0.15) is 0 Å². The van der Waals surface area contributed by atoms with E-state index in [4.69, 9.17) is 0 Å². The van der Waals surface area contributed by atoms with Crippen LogP contribution in [0.4, 0.5) is 0 Å². The molecule has 1 aliphatic heterocycles. The maximum atomic E-state index is 4.69. The summed E-state index contributed by atoms with van der Waals surface area (Å²) in [7, 11) is 0. The van der Waals surface area contributed by atoms with Crippen LogP contribution in [0.5, 0.6) is 0 Å². The molecule has 2 heterocycles. The van der Waals surface area contributed by atoms with Gasteiger partial charge in [0, 0.05) is 36.1 Å². The molecule has 1 unspecified atom stereocenters. The standard InChI is InChI=1S/C16H27N3S/c1-4-15(3)12-19(9-14-10-20-13(2)18-14)16(11-17-15)7-5-6-8-16/h10,17H,4-9,11-12H2,1-3H3. The number of hydrogen-bond donors (Lipinski definition) is 1. The summed E-state index contributed by atoms with van der Waals surface area (Å²) < 4.78 is 0. The molecule has 1 atom stereocenters. The first-order chi connectivity index (χ1) is 9.55. The van der Waals surface area contributed by atoms with Crippen LogP contribution in [0, 0.1) is 6.92 Å². The minimum absolute atomic E-state index is 0.263. The van der Waals surface area contributed by atoms with E-state index in [1.807, 2.05) is 0 Å². The third kappa shape index (κ3) is 2.66. The Labute approximate surface area is 126 Å². The summed E-state index contributed by atoms with van der Waals surface area (Å²) in [6.07, 6.45) is 6.66. The predicted molar refractivity (Wildman–Crippen MR) is 85.2 cm³/mol. The van der Waals surface area contributed by atoms with Gasteiger partial charge < -0.3 is 5.32 Å². The molecule has 1 aromatic rings. The largest absolute Gasteiger partial charge is 0.308 e. The fraction of sp³-hybridized carbons (Fsp3) is 0.812. The van der Waals surface area contributed by atoms with E-state index in [0.717, 1.165) is 19.6 Å². The molecule has 4 heteroatoms. The average Bonchev–Trinajstić information content (AvgIpc) is 3.05. The third-order valence-corrected chi connectivity index (χ3v) is 6.21. The Balaban J connectivity index is 1.81. The van der Waals surface area contributed by atoms with Crippen LogP contribution in [0.3, 0.4) is 0 Å². The van der Waals surface area contributed by atoms with E-state index in [0.29, 0.717) is 5.54 Å². The lowest BCUT2D eigenvalue weighted by molar-refractivity contribution is 0.00456. The van der Waals surface area contributed by atoms with Gasteiger partial charge in [-0.3, -0.25) is 4.90 Å². The molecule has 112 valence electrons. The van der Waals surface area contributed by atoms with Crippen molar-refractivity contribution < 1.29 is 0 Å². The highest BCUT2D eigenvalue weighted by Crippen LogP contribution is 2.39. The van der Waals surface area contributed by atoms with Crippen molar-refractivity contribution in [3.63, 3.8) is 0 Å². The van der Waals surface area contributed by atoms with Crippen molar-refractivity contribution >= 4 is 11.3 Å². The van der Waals surface area contributed by atoms with Gasteiger partial charge in [0.15, 0.2) is 0 Å². The summed E-state index contributed by atoms with van der Waals surface area (Å²) >= 11 is 1.78. The first kappa shape index (κ1) is 14.5. The van der Waals surface area contributed by atoms with Crippen LogP contribution in [0.1, 0.15) is 56.7 Å². The summed E-state index contributed by atoms with van der Waals surface area (Å²) in [6, 6.07) is 0. The van der Waals surface area contributed by atoms with Crippen LogP contribution in [-0.4, -0.2) is 34.1 Å². The van der Waals surface area contributed by atoms with Gasteiger partial charge in [-0.15, -0.1) is 11.3 Å². The third-order valence-electron chi connectivity index (χ3n) is 5.39. The maximum Gasteiger partial charge on any atom is 0.0897 e. The number of aromatic nitrogens is 1. The van der Waals surface area contributed by atoms with Gasteiger partial charge >= 0.3 is 0 Å². The lowest BCUT2D eigenvalue weighted by Gasteiger charge is -2.52. The second-order valence-corrected chi connectivity index (χ2v) is 7.98. The zero-order chi connectivity index (χ0) is 14.2. The SMILES string of the molecule is CCC1(C)CN(Cc2csc(C)n2)C2(CCCC2)CN1. The van der Waals surface area contributed by atoms with Crippen LogP contribution in [0.15, 0.2) is 5.38 Å². The second-order valence-electron chi connectivity index (χ2n) is 6.91. The van der Waals surface area contributed by atoms with Crippen LogP contribution in [0.2, 0.25) is 0 Å². The molecule has 1 saturated carbocycles. The second kappa shape index (κ2) is 5.39. The molecular formula is C16H27N3S. The zero-order valence-electron chi connectivity index (χ0n) is 13.0. The van der Waals surface area contributed by atoms with Crippen molar-refractivity contribution in [3.8, 4) is 0 Å². The van der Waals surface area contributed by atoms with Crippen LogP contribution < -0.4 is 5.32 Å². The molecule has 1 aromatic heterocycles. The first-order valence-corrected chi connectivity index (χ1v) is 8.84. The van der Waals surface area contributed by atoms with Crippen LogP contribution >= 0.6 is 11.3 Å². The quantitative estimate of drug-likeness (QED) is 0.926. The predicted octanol–water partition coefficient (Wildman–Crippen LogP) is 3.34. The Morgan fingerprint density at radius 1 is 1.40 bits per heavy atom. The fourth-order valence-corrected chi connectivity index (χ4v) is 4.40. The molecule has 1 spiro atoms. The topological polar surface area (TPSA) is 28.2 Å². The molecule has 1 aliphatic carbocycles. The smallest absolute Gasteiger partial charge is 0.0897 e. The van der Waals surface area contributed by atoms with E-state index in [2.05, 4.69) is 41.4 Å². The highest BCUT2D eigenvalue weighted by atomic mass is 32.1. The van der Waals surface area contributed by atoms with Crippen molar-refractivity contribution in [2.24, 2.45) is 0 Å². The lowest BCUT2D eigenvalue weighted by atomic mass is 9.85. The number of nitrogens with zero attached hydrogens (tertiary/aromatic N) is 2. The van der Waals surface area contributed by atoms with Crippen molar-refractivity contribution in [1.29, 1.82) is 0 Å². The number of piperazine rings is 1. The molecule has 1 N–H and O–H groups in total. The van der Waals surface area contributed by atoms with E-state index >= 15 is 0 Å². The molecule has 3 rings (SSSR count). The Morgan fingerprint density at radius 3 is 2.75 bits per heavy atom. The van der Waals surface area contributed by atoms with Crippen molar-refractivity contribution in [2.45, 2.75) is 70.5 Å². The Bertz CT molecular complexity index is 464. The van der Waals surface area contributed by atoms with E-state index < -0.39 is 0 Å². The van der Waals surface area contributed by atoms with Gasteiger partial charge in [-0.2, -0.15) is 0 Å². The molecule has 0 aromatic carbocycles. The fourth-order valence-electron chi connectivity index (χ4n) is 3.80. The van der Waals surface area contributed by atoms with Crippen molar-refractivity contribution in [2.75, 3.05) is 13.1 Å². The summed E-state index contributed by atoms with van der Waals surface area (Å²) in [5.41, 5.74) is 1.92. The monoisotopic (exact) mass is 293 g/mol. The molecule has 0 radical (unpaired) electrons. The van der Waals surface area contributed by atoms with Gasteiger partial charge in [-0.1, -0.05) is 19.8 Å². The summed E-state index contributed by atoms with van der Waals surface area (Å²) in [5.74, 6) is 0. The Kier molecular flexibility index (Phi) is 3.91. The number of thiazole rings is 1. The van der Waals surface area contributed by atoms with Crippen molar-refractivity contribution in [3.05, 3.63) is 16.1 Å². The molecule has 3 nitrogen and oxygen atoms in total. The molecule has 2 fully saturated rings. The minimum Gasteiger partial charge on any atom is -0.308 e. The van der Waals surface area contributed by atoms with E-state index in [-0.39, 0.29) is 5.54 Å². The Hall–Kier alpha value is -0.450. The zero-order valence-corrected chi connectivity index (χ0v) is 13.9. The summed E-state index contributed by atoms with van der Waals surface area (Å²) in [4.78, 5) is 7.43. The summed E-state index contributed by atoms with van der Waals surface area (Å²) in [6.45, 7) is 10.1. The van der Waals surface area contributed by atoms with Crippen molar-refractivity contribution in [1.82, 2.24) is 15.2 Å². The molecule has 2 aliphatic rings. The molecule has 0 amide bonds. The van der Waals surface area contributed by atoms with Gasteiger partial charge in [-0.25, -0.2) is 4.98 Å².